The van der Waals surface area contributed by atoms with Crippen LogP contribution in [0.3, 0.4) is 0 Å². The molecule has 87 valence electrons. The number of halogens is 2. The molecular formula is C10H12F2N2OY-2. The summed E-state index contributed by atoms with van der Waals surface area (Å²) in [5.41, 5.74) is -0.714. The van der Waals surface area contributed by atoms with E-state index in [9.17, 15) is 13.6 Å². The summed E-state index contributed by atoms with van der Waals surface area (Å²) in [5.74, 6) is -1.55. The van der Waals surface area contributed by atoms with E-state index in [0.717, 1.165) is 6.07 Å². The zero-order valence-electron chi connectivity index (χ0n) is 9.34. The van der Waals surface area contributed by atoms with Crippen LogP contribution in [-0.4, -0.2) is 4.98 Å². The number of imidazole rings is 1. The fourth-order valence-electron chi connectivity index (χ4n) is 1.02. The summed E-state index contributed by atoms with van der Waals surface area (Å²) < 4.78 is 25.3. The molecule has 0 unspecified atom stereocenters. The van der Waals surface area contributed by atoms with Gasteiger partial charge in [-0.1, -0.05) is 13.8 Å². The number of aromatic nitrogens is 2. The smallest absolute Gasteiger partial charge is 0.160 e. The van der Waals surface area contributed by atoms with Gasteiger partial charge in [-0.2, -0.15) is 0 Å². The van der Waals surface area contributed by atoms with E-state index in [4.69, 9.17) is 0 Å². The molecule has 0 atom stereocenters. The molecule has 0 aliphatic carbocycles. The second-order valence-electron chi connectivity index (χ2n) is 2.32. The standard InChI is InChI=1S/C7H4F2N2O.C2H6.CH3.Y/c8-3-1-4(9)6-5(2-3)10-7(12)11-6;1-2;;/h1-2H,(H2,10,11,12);1-2H3;1H3;/q;;-1;/p-1. The molecule has 2 rings (SSSR count). The van der Waals surface area contributed by atoms with E-state index in [0.29, 0.717) is 6.07 Å². The Morgan fingerprint density at radius 3 is 2.38 bits per heavy atom. The van der Waals surface area contributed by atoms with Crippen LogP contribution in [0.25, 0.3) is 11.0 Å². The molecular weight excluding hydrogens is 291 g/mol. The zero-order valence-corrected chi connectivity index (χ0v) is 12.2. The van der Waals surface area contributed by atoms with Crippen LogP contribution in [0.15, 0.2) is 16.9 Å². The summed E-state index contributed by atoms with van der Waals surface area (Å²) >= 11 is 0. The van der Waals surface area contributed by atoms with Crippen molar-refractivity contribution in [3.63, 3.8) is 0 Å². The summed E-state index contributed by atoms with van der Waals surface area (Å²) in [6.45, 7) is 4.00. The van der Waals surface area contributed by atoms with E-state index in [1.54, 1.807) is 0 Å². The van der Waals surface area contributed by atoms with E-state index in [1.807, 2.05) is 13.8 Å². The van der Waals surface area contributed by atoms with Crippen molar-refractivity contribution in [3.05, 3.63) is 41.7 Å². The van der Waals surface area contributed by atoms with Crippen molar-refractivity contribution in [1.29, 1.82) is 0 Å². The Morgan fingerprint density at radius 2 is 1.81 bits per heavy atom. The van der Waals surface area contributed by atoms with E-state index in [1.165, 1.54) is 0 Å². The Bertz CT molecular complexity index is 493. The van der Waals surface area contributed by atoms with Gasteiger partial charge < -0.3 is 17.4 Å². The van der Waals surface area contributed by atoms with E-state index >= 15 is 0 Å². The first kappa shape index (κ1) is 17.8. The Kier molecular flexibility index (Phi) is 8.56. The largest absolute Gasteiger partial charge is 0.421 e. The number of fused-ring (bicyclic) bond motifs is 1. The fourth-order valence-corrected chi connectivity index (χ4v) is 1.02. The van der Waals surface area contributed by atoms with Gasteiger partial charge in [0.05, 0.1) is 0 Å². The van der Waals surface area contributed by atoms with Crippen molar-refractivity contribution < 1.29 is 41.5 Å². The molecule has 1 aromatic heterocycles. The van der Waals surface area contributed by atoms with Crippen LogP contribution in [0.5, 0.6) is 0 Å². The molecule has 0 bridgehead atoms. The predicted molar refractivity (Wildman–Crippen MR) is 55.6 cm³/mol. The molecule has 0 fully saturated rings. The first-order valence-electron chi connectivity index (χ1n) is 4.18. The van der Waals surface area contributed by atoms with Crippen LogP contribution in [0.1, 0.15) is 13.8 Å². The molecule has 0 saturated heterocycles. The number of hydrogen-bond donors (Lipinski definition) is 1. The maximum atomic E-state index is 12.8. The van der Waals surface area contributed by atoms with Gasteiger partial charge in [0.1, 0.15) is 11.6 Å². The molecule has 1 aromatic carbocycles. The second kappa shape index (κ2) is 7.68. The number of nitrogens with one attached hydrogen (secondary N) is 1. The molecule has 2 aromatic rings. The fraction of sp³-hybridized carbons (Fsp3) is 0.200. The van der Waals surface area contributed by atoms with E-state index in [2.05, 4.69) is 9.97 Å². The minimum atomic E-state index is -0.806. The Morgan fingerprint density at radius 1 is 1.25 bits per heavy atom. The van der Waals surface area contributed by atoms with Gasteiger partial charge in [0.2, 0.25) is 0 Å². The van der Waals surface area contributed by atoms with Gasteiger partial charge in [-0.05, 0) is 17.1 Å². The first-order valence-corrected chi connectivity index (χ1v) is 4.18. The zero-order chi connectivity index (χ0) is 10.7. The van der Waals surface area contributed by atoms with Crippen molar-refractivity contribution in [1.82, 2.24) is 9.97 Å². The first-order chi connectivity index (χ1) is 6.66. The minimum absolute atomic E-state index is 0. The third-order valence-corrected chi connectivity index (χ3v) is 1.49. The second-order valence-corrected chi connectivity index (χ2v) is 2.32. The molecule has 0 aliphatic heterocycles. The Hall–Kier alpha value is -0.546. The van der Waals surface area contributed by atoms with Crippen molar-refractivity contribution >= 4 is 11.0 Å². The number of benzene rings is 1. The van der Waals surface area contributed by atoms with Crippen LogP contribution < -0.4 is 10.7 Å². The quantitative estimate of drug-likeness (QED) is 0.759. The minimum Gasteiger partial charge on any atom is -0.421 e. The van der Waals surface area contributed by atoms with Gasteiger partial charge in [0, 0.05) is 38.8 Å². The molecule has 0 saturated carbocycles. The molecule has 6 heteroatoms. The topological polar surface area (TPSA) is 47.0 Å². The molecule has 0 amide bonds. The van der Waals surface area contributed by atoms with Crippen LogP contribution in [-0.2, 0) is 32.7 Å². The van der Waals surface area contributed by atoms with Crippen molar-refractivity contribution in [3.8, 4) is 0 Å². The van der Waals surface area contributed by atoms with E-state index in [-0.39, 0.29) is 51.2 Å². The van der Waals surface area contributed by atoms with Crippen LogP contribution >= 0.6 is 0 Å². The van der Waals surface area contributed by atoms with Crippen LogP contribution in [0.2, 0.25) is 0 Å². The molecule has 3 nitrogen and oxygen atoms in total. The predicted octanol–water partition coefficient (Wildman–Crippen LogP) is 2.24. The van der Waals surface area contributed by atoms with Crippen molar-refractivity contribution in [2.45, 2.75) is 13.8 Å². The summed E-state index contributed by atoms with van der Waals surface area (Å²) in [5, 5.41) is 0. The third-order valence-electron chi connectivity index (χ3n) is 1.49. The molecule has 1 radical (unpaired) electrons. The van der Waals surface area contributed by atoms with Crippen LogP contribution in [0.4, 0.5) is 8.78 Å². The monoisotopic (exact) mass is 303 g/mol. The van der Waals surface area contributed by atoms with Crippen LogP contribution in [0, 0.1) is 19.1 Å². The molecule has 0 spiro atoms. The van der Waals surface area contributed by atoms with Crippen molar-refractivity contribution in [2.24, 2.45) is 0 Å². The van der Waals surface area contributed by atoms with Gasteiger partial charge in [0.15, 0.2) is 5.69 Å². The number of hydrogen-bond acceptors (Lipinski definition) is 1. The van der Waals surface area contributed by atoms with Gasteiger partial charge in [-0.3, -0.25) is 4.79 Å². The number of H-pyrrole nitrogens is 1. The van der Waals surface area contributed by atoms with Gasteiger partial charge >= 0.3 is 0 Å². The summed E-state index contributed by atoms with van der Waals surface area (Å²) in [7, 11) is 0. The molecule has 0 aliphatic rings. The average molecular weight is 303 g/mol. The molecule has 1 N–H and O–H groups in total. The molecule has 1 heterocycles. The summed E-state index contributed by atoms with van der Waals surface area (Å²) in [6, 6.07) is 1.69. The normalized spacial score (nSPS) is 8.50. The Balaban J connectivity index is 0. The summed E-state index contributed by atoms with van der Waals surface area (Å²) in [4.78, 5) is 16.1. The Labute approximate surface area is 118 Å². The maximum Gasteiger partial charge on any atom is 0.160 e. The summed E-state index contributed by atoms with van der Waals surface area (Å²) in [6.07, 6.45) is 0. The average Bonchev–Trinajstić information content (AvgIpc) is 2.49. The van der Waals surface area contributed by atoms with Crippen molar-refractivity contribution in [2.75, 3.05) is 0 Å². The SMILES string of the molecule is CC.O=c1[n-]c2cc(F)cc(F)c2[nH]1.[CH3-].[Y]. The van der Waals surface area contributed by atoms with Gasteiger partial charge in [-0.15, -0.1) is 0 Å². The maximum absolute atomic E-state index is 12.8. The van der Waals surface area contributed by atoms with E-state index < -0.39 is 17.3 Å². The number of rotatable bonds is 0. The number of nitrogens with zero attached hydrogens (tertiary/aromatic N) is 1. The number of aromatic amines is 1. The van der Waals surface area contributed by atoms with Gasteiger partial charge in [0.25, 0.3) is 0 Å². The third kappa shape index (κ3) is 3.79. The molecule has 16 heavy (non-hydrogen) atoms. The van der Waals surface area contributed by atoms with Gasteiger partial charge in [-0.25, -0.2) is 8.78 Å².